The molecule has 2 rings (SSSR count). The summed E-state index contributed by atoms with van der Waals surface area (Å²) in [6.07, 6.45) is 0.750. The third-order valence-electron chi connectivity index (χ3n) is 3.10. The summed E-state index contributed by atoms with van der Waals surface area (Å²) in [5.74, 6) is 0.863. The molecule has 1 atom stereocenters. The van der Waals surface area contributed by atoms with Crippen molar-refractivity contribution >= 4 is 17.6 Å². The molecular formula is C10H17N5O2. The highest BCUT2D eigenvalue weighted by molar-refractivity contribution is 5.67. The van der Waals surface area contributed by atoms with Gasteiger partial charge in [0.1, 0.15) is 5.82 Å². The largest absolute Gasteiger partial charge is 0.465 e. The van der Waals surface area contributed by atoms with Gasteiger partial charge >= 0.3 is 6.09 Å². The van der Waals surface area contributed by atoms with E-state index in [9.17, 15) is 4.79 Å². The van der Waals surface area contributed by atoms with Crippen molar-refractivity contribution < 1.29 is 9.90 Å². The van der Waals surface area contributed by atoms with E-state index < -0.39 is 6.09 Å². The number of aryl methyl sites for hydroxylation is 1. The lowest BCUT2D eigenvalue weighted by Gasteiger charge is -2.39. The van der Waals surface area contributed by atoms with E-state index in [1.165, 1.54) is 4.90 Å². The number of hydrogen-bond acceptors (Lipinski definition) is 4. The molecule has 1 amide bonds. The van der Waals surface area contributed by atoms with Crippen LogP contribution in [-0.4, -0.2) is 51.6 Å². The van der Waals surface area contributed by atoms with Crippen LogP contribution in [0.2, 0.25) is 0 Å². The fourth-order valence-electron chi connectivity index (χ4n) is 2.25. The van der Waals surface area contributed by atoms with Crippen LogP contribution in [0.5, 0.6) is 0 Å². The Morgan fingerprint density at radius 2 is 2.29 bits per heavy atom. The number of anilines is 2. The number of carboxylic acid groups (broad SMARTS) is 1. The molecule has 1 fully saturated rings. The molecule has 7 heteroatoms. The molecule has 0 saturated carbocycles. The van der Waals surface area contributed by atoms with Gasteiger partial charge < -0.3 is 20.6 Å². The Morgan fingerprint density at radius 1 is 1.59 bits per heavy atom. The van der Waals surface area contributed by atoms with E-state index in [2.05, 4.69) is 10.00 Å². The number of nitrogen functional groups attached to an aromatic ring is 1. The third-order valence-corrected chi connectivity index (χ3v) is 3.10. The molecule has 3 N–H and O–H groups in total. The van der Waals surface area contributed by atoms with Crippen molar-refractivity contribution in [3.05, 3.63) is 6.20 Å². The van der Waals surface area contributed by atoms with E-state index in [0.717, 1.165) is 5.82 Å². The van der Waals surface area contributed by atoms with Crippen LogP contribution < -0.4 is 10.6 Å². The normalized spacial score (nSPS) is 20.7. The molecule has 0 aromatic carbocycles. The highest BCUT2D eigenvalue weighted by Gasteiger charge is 2.29. The highest BCUT2D eigenvalue weighted by Crippen LogP contribution is 2.25. The summed E-state index contributed by atoms with van der Waals surface area (Å²) >= 11 is 0. The highest BCUT2D eigenvalue weighted by atomic mass is 16.4. The van der Waals surface area contributed by atoms with Crippen LogP contribution in [0.3, 0.4) is 0 Å². The molecule has 2 heterocycles. The molecule has 0 spiro atoms. The molecule has 17 heavy (non-hydrogen) atoms. The summed E-state index contributed by atoms with van der Waals surface area (Å²) in [6.45, 7) is 3.60. The van der Waals surface area contributed by atoms with Crippen LogP contribution in [-0.2, 0) is 7.05 Å². The summed E-state index contributed by atoms with van der Waals surface area (Å²) < 4.78 is 1.72. The number of carbonyl (C=O) groups is 1. The molecule has 0 radical (unpaired) electrons. The first kappa shape index (κ1) is 11.6. The Bertz CT molecular complexity index is 411. The van der Waals surface area contributed by atoms with Crippen molar-refractivity contribution in [2.75, 3.05) is 30.3 Å². The van der Waals surface area contributed by atoms with Crippen molar-refractivity contribution in [1.29, 1.82) is 0 Å². The first-order valence-corrected chi connectivity index (χ1v) is 5.52. The Morgan fingerprint density at radius 3 is 2.76 bits per heavy atom. The predicted octanol–water partition coefficient (Wildman–Crippen LogP) is 0.191. The minimum absolute atomic E-state index is 0.0950. The van der Waals surface area contributed by atoms with Crippen molar-refractivity contribution in [3.8, 4) is 0 Å². The Labute approximate surface area is 99.4 Å². The molecular weight excluding hydrogens is 222 g/mol. The number of aromatic nitrogens is 2. The SMILES string of the molecule is CC1CN(C(=O)O)CCN1c1c(N)cnn1C. The van der Waals surface area contributed by atoms with Crippen molar-refractivity contribution in [2.24, 2.45) is 7.05 Å². The molecule has 7 nitrogen and oxygen atoms in total. The standard InChI is InChI=1S/C10H17N5O2/c1-7-6-14(10(16)17)3-4-15(7)9-8(11)5-12-13(9)2/h5,7H,3-4,6,11H2,1-2H3,(H,16,17). The van der Waals surface area contributed by atoms with Crippen LogP contribution in [0, 0.1) is 0 Å². The van der Waals surface area contributed by atoms with Gasteiger partial charge in [-0.15, -0.1) is 0 Å². The zero-order chi connectivity index (χ0) is 12.6. The van der Waals surface area contributed by atoms with Gasteiger partial charge in [0.25, 0.3) is 0 Å². The van der Waals surface area contributed by atoms with Crippen molar-refractivity contribution in [1.82, 2.24) is 14.7 Å². The first-order valence-electron chi connectivity index (χ1n) is 5.52. The number of nitrogens with zero attached hydrogens (tertiary/aromatic N) is 4. The first-order chi connectivity index (χ1) is 8.00. The molecule has 1 aliphatic heterocycles. The van der Waals surface area contributed by atoms with Crippen molar-refractivity contribution in [2.45, 2.75) is 13.0 Å². The van der Waals surface area contributed by atoms with Gasteiger partial charge in [-0.1, -0.05) is 0 Å². The molecule has 1 aromatic heterocycles. The second-order valence-electron chi connectivity index (χ2n) is 4.32. The second kappa shape index (κ2) is 4.15. The number of piperazine rings is 1. The van der Waals surface area contributed by atoms with E-state index in [1.54, 1.807) is 10.9 Å². The summed E-state index contributed by atoms with van der Waals surface area (Å²) in [6, 6.07) is 0.0950. The molecule has 1 unspecified atom stereocenters. The second-order valence-corrected chi connectivity index (χ2v) is 4.32. The van der Waals surface area contributed by atoms with E-state index in [-0.39, 0.29) is 6.04 Å². The Hall–Kier alpha value is -1.92. The maximum Gasteiger partial charge on any atom is 0.407 e. The maximum absolute atomic E-state index is 10.9. The van der Waals surface area contributed by atoms with Gasteiger partial charge in [-0.25, -0.2) is 4.79 Å². The fraction of sp³-hybridized carbons (Fsp3) is 0.600. The quantitative estimate of drug-likeness (QED) is 0.730. The van der Waals surface area contributed by atoms with Gasteiger partial charge in [-0.05, 0) is 6.92 Å². The van der Waals surface area contributed by atoms with Crippen LogP contribution in [0.4, 0.5) is 16.3 Å². The molecule has 94 valence electrons. The van der Waals surface area contributed by atoms with Gasteiger partial charge in [-0.3, -0.25) is 4.68 Å². The van der Waals surface area contributed by atoms with Gasteiger partial charge in [-0.2, -0.15) is 5.10 Å². The lowest BCUT2D eigenvalue weighted by molar-refractivity contribution is 0.136. The van der Waals surface area contributed by atoms with E-state index in [1.807, 2.05) is 14.0 Å². The maximum atomic E-state index is 10.9. The summed E-state index contributed by atoms with van der Waals surface area (Å²) in [5.41, 5.74) is 6.50. The molecule has 0 aliphatic carbocycles. The zero-order valence-corrected chi connectivity index (χ0v) is 10.00. The van der Waals surface area contributed by atoms with E-state index in [0.29, 0.717) is 25.3 Å². The average Bonchev–Trinajstić information content (AvgIpc) is 2.59. The Balaban J connectivity index is 2.17. The number of nitrogens with two attached hydrogens (primary N) is 1. The summed E-state index contributed by atoms with van der Waals surface area (Å²) in [4.78, 5) is 14.4. The van der Waals surface area contributed by atoms with Crippen LogP contribution in [0.15, 0.2) is 6.20 Å². The summed E-state index contributed by atoms with van der Waals surface area (Å²) in [7, 11) is 1.84. The van der Waals surface area contributed by atoms with E-state index in [4.69, 9.17) is 10.8 Å². The lowest BCUT2D eigenvalue weighted by atomic mass is 10.2. The van der Waals surface area contributed by atoms with E-state index >= 15 is 0 Å². The number of amides is 1. The predicted molar refractivity (Wildman–Crippen MR) is 64.0 cm³/mol. The minimum Gasteiger partial charge on any atom is -0.465 e. The third kappa shape index (κ3) is 2.00. The molecule has 1 aliphatic rings. The smallest absolute Gasteiger partial charge is 0.407 e. The van der Waals surface area contributed by atoms with Gasteiger partial charge in [0.2, 0.25) is 0 Å². The summed E-state index contributed by atoms with van der Waals surface area (Å²) in [5, 5.41) is 13.0. The van der Waals surface area contributed by atoms with Crippen LogP contribution >= 0.6 is 0 Å². The average molecular weight is 239 g/mol. The number of hydrogen-bond donors (Lipinski definition) is 2. The molecule has 0 bridgehead atoms. The lowest BCUT2D eigenvalue weighted by Crippen LogP contribution is -2.54. The molecule has 1 saturated heterocycles. The van der Waals surface area contributed by atoms with Gasteiger partial charge in [0.15, 0.2) is 0 Å². The fourth-order valence-corrected chi connectivity index (χ4v) is 2.25. The topological polar surface area (TPSA) is 87.6 Å². The molecule has 1 aromatic rings. The van der Waals surface area contributed by atoms with Gasteiger partial charge in [0, 0.05) is 32.7 Å². The zero-order valence-electron chi connectivity index (χ0n) is 10.00. The van der Waals surface area contributed by atoms with Crippen LogP contribution in [0.25, 0.3) is 0 Å². The number of rotatable bonds is 1. The van der Waals surface area contributed by atoms with Crippen LogP contribution in [0.1, 0.15) is 6.92 Å². The van der Waals surface area contributed by atoms with Crippen molar-refractivity contribution in [3.63, 3.8) is 0 Å². The monoisotopic (exact) mass is 239 g/mol. The van der Waals surface area contributed by atoms with Gasteiger partial charge in [0.05, 0.1) is 11.9 Å². The Kier molecular flexibility index (Phi) is 2.83. The minimum atomic E-state index is -0.866.